The maximum Gasteiger partial charge on any atom is 0.508 e. The van der Waals surface area contributed by atoms with Crippen molar-refractivity contribution in [2.75, 3.05) is 13.2 Å². The quantitative estimate of drug-likeness (QED) is 0.267. The first-order valence-corrected chi connectivity index (χ1v) is 12.0. The second-order valence-electron chi connectivity index (χ2n) is 6.73. The van der Waals surface area contributed by atoms with Crippen molar-refractivity contribution in [2.45, 2.75) is 84.0 Å². The highest BCUT2D eigenvalue weighted by atomic mass is 28.3. The Labute approximate surface area is 126 Å². The molecule has 4 heteroatoms. The fourth-order valence-electron chi connectivity index (χ4n) is 1.87. The first-order valence-electron chi connectivity index (χ1n) is 8.25. The van der Waals surface area contributed by atoms with Crippen molar-refractivity contribution >= 4 is 14.2 Å². The van der Waals surface area contributed by atoms with E-state index in [2.05, 4.69) is 26.6 Å². The number of unbranched alkanes of at least 4 members (excludes halogenated alkanes) is 7. The largest absolute Gasteiger partial charge is 0.508 e. The first-order chi connectivity index (χ1) is 9.45. The predicted molar refractivity (Wildman–Crippen MR) is 88.1 cm³/mol. The lowest BCUT2D eigenvalue weighted by molar-refractivity contribution is 0.0576. The summed E-state index contributed by atoms with van der Waals surface area (Å²) in [5.41, 5.74) is 0. The third kappa shape index (κ3) is 15.5. The minimum atomic E-state index is -1.12. The van der Waals surface area contributed by atoms with Crippen LogP contribution in [0.5, 0.6) is 0 Å². The lowest BCUT2D eigenvalue weighted by atomic mass is 10.1. The summed E-state index contributed by atoms with van der Waals surface area (Å²) in [7, 11) is -1.12. The molecule has 0 aromatic rings. The Morgan fingerprint density at radius 3 is 1.85 bits per heavy atom. The van der Waals surface area contributed by atoms with Crippen LogP contribution in [0.2, 0.25) is 25.7 Å². The van der Waals surface area contributed by atoms with Crippen LogP contribution in [0, 0.1) is 0 Å². The topological polar surface area (TPSA) is 35.5 Å². The third-order valence-corrected chi connectivity index (χ3v) is 4.99. The van der Waals surface area contributed by atoms with E-state index in [0.717, 1.165) is 18.9 Å². The Bertz CT molecular complexity index is 236. The lowest BCUT2D eigenvalue weighted by Crippen LogP contribution is -2.23. The average molecular weight is 303 g/mol. The maximum absolute atomic E-state index is 11.3. The highest BCUT2D eigenvalue weighted by molar-refractivity contribution is 6.76. The summed E-state index contributed by atoms with van der Waals surface area (Å²) in [4.78, 5) is 11.3. The Balaban J connectivity index is 3.23. The van der Waals surface area contributed by atoms with Crippen LogP contribution in [0.4, 0.5) is 4.79 Å². The molecule has 0 aromatic heterocycles. The monoisotopic (exact) mass is 302 g/mol. The second kappa shape index (κ2) is 12.2. The Hall–Kier alpha value is -0.513. The molecule has 0 saturated carbocycles. The van der Waals surface area contributed by atoms with Gasteiger partial charge in [-0.1, -0.05) is 71.5 Å². The molecule has 0 fully saturated rings. The molecule has 20 heavy (non-hydrogen) atoms. The minimum absolute atomic E-state index is 0.494. The zero-order chi connectivity index (χ0) is 15.3. The van der Waals surface area contributed by atoms with Gasteiger partial charge in [-0.15, -0.1) is 0 Å². The van der Waals surface area contributed by atoms with E-state index in [1.165, 1.54) is 38.5 Å². The summed E-state index contributed by atoms with van der Waals surface area (Å²) in [5, 5.41) is 0. The molecular weight excluding hydrogens is 268 g/mol. The normalized spacial score (nSPS) is 11.4. The summed E-state index contributed by atoms with van der Waals surface area (Å²) in [6.07, 6.45) is 9.51. The zero-order valence-corrected chi connectivity index (χ0v) is 15.0. The smallest absolute Gasteiger partial charge is 0.435 e. The molecule has 0 aliphatic heterocycles. The van der Waals surface area contributed by atoms with Crippen LogP contribution in [-0.2, 0) is 9.47 Å². The summed E-state index contributed by atoms with van der Waals surface area (Å²) in [6.45, 7) is 10.0. The van der Waals surface area contributed by atoms with Gasteiger partial charge in [0.15, 0.2) is 0 Å². The van der Waals surface area contributed by atoms with Crippen molar-refractivity contribution < 1.29 is 14.3 Å². The molecule has 3 nitrogen and oxygen atoms in total. The van der Waals surface area contributed by atoms with E-state index >= 15 is 0 Å². The van der Waals surface area contributed by atoms with Crippen molar-refractivity contribution in [1.82, 2.24) is 0 Å². The molecule has 0 N–H and O–H groups in total. The SMILES string of the molecule is CCCCCCCCCCOC(=O)OCC[Si](C)(C)C. The van der Waals surface area contributed by atoms with E-state index in [1.807, 2.05) is 0 Å². The Morgan fingerprint density at radius 2 is 1.30 bits per heavy atom. The molecule has 0 radical (unpaired) electrons. The fourth-order valence-corrected chi connectivity index (χ4v) is 2.59. The predicted octanol–water partition coefficient (Wildman–Crippen LogP) is 5.62. The van der Waals surface area contributed by atoms with Crippen LogP contribution in [0.1, 0.15) is 58.3 Å². The first kappa shape index (κ1) is 19.5. The van der Waals surface area contributed by atoms with Gasteiger partial charge in [-0.2, -0.15) is 0 Å². The summed E-state index contributed by atoms with van der Waals surface area (Å²) in [5.74, 6) is 0. The standard InChI is InChI=1S/C16H34O3Si/c1-5-6-7-8-9-10-11-12-13-18-16(17)19-14-15-20(2,3)4/h5-15H2,1-4H3. The van der Waals surface area contributed by atoms with Gasteiger partial charge in [0.05, 0.1) is 13.2 Å². The molecule has 0 aliphatic rings. The number of rotatable bonds is 12. The molecule has 0 atom stereocenters. The summed E-state index contributed by atoms with van der Waals surface area (Å²) in [6, 6.07) is 1.000. The number of hydrogen-bond acceptors (Lipinski definition) is 3. The molecule has 0 aromatic carbocycles. The molecular formula is C16H34O3Si. The highest BCUT2D eigenvalue weighted by Crippen LogP contribution is 2.09. The van der Waals surface area contributed by atoms with E-state index in [0.29, 0.717) is 13.2 Å². The Morgan fingerprint density at radius 1 is 0.800 bits per heavy atom. The molecule has 0 spiro atoms. The van der Waals surface area contributed by atoms with Crippen LogP contribution >= 0.6 is 0 Å². The number of carbonyl (C=O) groups excluding carboxylic acids is 1. The summed E-state index contributed by atoms with van der Waals surface area (Å²) < 4.78 is 10.1. The van der Waals surface area contributed by atoms with Crippen LogP contribution in [0.3, 0.4) is 0 Å². The lowest BCUT2D eigenvalue weighted by Gasteiger charge is -2.15. The van der Waals surface area contributed by atoms with Gasteiger partial charge in [0.25, 0.3) is 0 Å². The van der Waals surface area contributed by atoms with Gasteiger partial charge in [0.1, 0.15) is 0 Å². The van der Waals surface area contributed by atoms with E-state index in [9.17, 15) is 4.79 Å². The zero-order valence-electron chi connectivity index (χ0n) is 14.0. The van der Waals surface area contributed by atoms with Gasteiger partial charge in [0, 0.05) is 8.07 Å². The van der Waals surface area contributed by atoms with Crippen molar-refractivity contribution in [2.24, 2.45) is 0 Å². The minimum Gasteiger partial charge on any atom is -0.435 e. The van der Waals surface area contributed by atoms with Gasteiger partial charge < -0.3 is 9.47 Å². The molecule has 0 aliphatic carbocycles. The molecule has 120 valence electrons. The van der Waals surface area contributed by atoms with E-state index < -0.39 is 14.2 Å². The van der Waals surface area contributed by atoms with Crippen LogP contribution < -0.4 is 0 Å². The Kier molecular flexibility index (Phi) is 11.9. The van der Waals surface area contributed by atoms with Crippen LogP contribution in [0.15, 0.2) is 0 Å². The van der Waals surface area contributed by atoms with E-state index in [1.54, 1.807) is 0 Å². The van der Waals surface area contributed by atoms with Crippen molar-refractivity contribution in [3.05, 3.63) is 0 Å². The molecule has 0 heterocycles. The average Bonchev–Trinajstić information content (AvgIpc) is 2.35. The molecule has 0 amide bonds. The number of carbonyl (C=O) groups is 1. The van der Waals surface area contributed by atoms with Gasteiger partial charge >= 0.3 is 6.16 Å². The van der Waals surface area contributed by atoms with Crippen molar-refractivity contribution in [1.29, 1.82) is 0 Å². The highest BCUT2D eigenvalue weighted by Gasteiger charge is 2.14. The molecule has 0 rings (SSSR count). The van der Waals surface area contributed by atoms with E-state index in [4.69, 9.17) is 9.47 Å². The summed E-state index contributed by atoms with van der Waals surface area (Å²) >= 11 is 0. The van der Waals surface area contributed by atoms with Crippen LogP contribution in [-0.4, -0.2) is 27.4 Å². The molecule has 0 saturated heterocycles. The van der Waals surface area contributed by atoms with Gasteiger partial charge in [-0.3, -0.25) is 0 Å². The van der Waals surface area contributed by atoms with Gasteiger partial charge in [-0.05, 0) is 12.5 Å². The molecule has 0 unspecified atom stereocenters. The van der Waals surface area contributed by atoms with Crippen molar-refractivity contribution in [3.63, 3.8) is 0 Å². The van der Waals surface area contributed by atoms with Crippen molar-refractivity contribution in [3.8, 4) is 0 Å². The van der Waals surface area contributed by atoms with Gasteiger partial charge in [-0.25, -0.2) is 4.79 Å². The van der Waals surface area contributed by atoms with Gasteiger partial charge in [0.2, 0.25) is 0 Å². The number of hydrogen-bond donors (Lipinski definition) is 0. The van der Waals surface area contributed by atoms with E-state index in [-0.39, 0.29) is 0 Å². The fraction of sp³-hybridized carbons (Fsp3) is 0.938. The third-order valence-electron chi connectivity index (χ3n) is 3.29. The van der Waals surface area contributed by atoms with Crippen LogP contribution in [0.25, 0.3) is 0 Å². The second-order valence-corrected chi connectivity index (χ2v) is 12.4. The number of ether oxygens (including phenoxy) is 2. The maximum atomic E-state index is 11.3. The molecule has 0 bridgehead atoms.